The summed E-state index contributed by atoms with van der Waals surface area (Å²) in [4.78, 5) is 22.2. The highest BCUT2D eigenvalue weighted by atomic mass is 32.2. The molecule has 0 spiro atoms. The standard InChI is InChI=1S/C12H13NO3S/c1-8-2-4-9(5-3-8)16-7-6-10-11(14)13-12(15)17-10/h2-5,10H,6-7H2,1H3,(H,13,14,15). The summed E-state index contributed by atoms with van der Waals surface area (Å²) in [5, 5.41) is 1.67. The number of nitrogens with one attached hydrogen (secondary N) is 1. The number of benzene rings is 1. The zero-order chi connectivity index (χ0) is 12.3. The first kappa shape index (κ1) is 12.0. The summed E-state index contributed by atoms with van der Waals surface area (Å²) in [6.07, 6.45) is 0.538. The summed E-state index contributed by atoms with van der Waals surface area (Å²) in [5.41, 5.74) is 1.17. The van der Waals surface area contributed by atoms with E-state index in [0.29, 0.717) is 13.0 Å². The first-order valence-electron chi connectivity index (χ1n) is 5.36. The lowest BCUT2D eigenvalue weighted by Gasteiger charge is -2.08. The first-order chi connectivity index (χ1) is 8.15. The number of ether oxygens (including phenoxy) is 1. The second-order valence-electron chi connectivity index (χ2n) is 3.83. The predicted octanol–water partition coefficient (Wildman–Crippen LogP) is 2.12. The van der Waals surface area contributed by atoms with Gasteiger partial charge in [0.2, 0.25) is 5.91 Å². The summed E-state index contributed by atoms with van der Waals surface area (Å²) in [6.45, 7) is 2.44. The van der Waals surface area contributed by atoms with E-state index in [2.05, 4.69) is 5.32 Å². The molecule has 1 aromatic carbocycles. The normalized spacial score (nSPS) is 19.2. The lowest BCUT2D eigenvalue weighted by molar-refractivity contribution is -0.119. The molecular formula is C12H13NO3S. The topological polar surface area (TPSA) is 55.4 Å². The molecule has 1 atom stereocenters. The molecule has 5 heteroatoms. The van der Waals surface area contributed by atoms with Crippen LogP contribution >= 0.6 is 11.8 Å². The zero-order valence-electron chi connectivity index (χ0n) is 9.43. The fourth-order valence-corrected chi connectivity index (χ4v) is 2.30. The lowest BCUT2D eigenvalue weighted by atomic mass is 10.2. The quantitative estimate of drug-likeness (QED) is 0.890. The third kappa shape index (κ3) is 3.23. The molecule has 1 heterocycles. The van der Waals surface area contributed by atoms with Crippen molar-refractivity contribution < 1.29 is 14.3 Å². The number of thioether (sulfide) groups is 1. The largest absolute Gasteiger partial charge is 0.494 e. The third-order valence-corrected chi connectivity index (χ3v) is 3.49. The Balaban J connectivity index is 1.78. The summed E-state index contributed by atoms with van der Waals surface area (Å²) in [7, 11) is 0. The Labute approximate surface area is 104 Å². The maximum atomic E-state index is 11.3. The minimum absolute atomic E-state index is 0.215. The SMILES string of the molecule is Cc1ccc(OCCC2SC(=O)NC2=O)cc1. The number of imide groups is 1. The van der Waals surface area contributed by atoms with Gasteiger partial charge in [0.05, 0.1) is 11.9 Å². The second-order valence-corrected chi connectivity index (χ2v) is 5.01. The highest BCUT2D eigenvalue weighted by molar-refractivity contribution is 8.15. The van der Waals surface area contributed by atoms with Crippen LogP contribution in [0.3, 0.4) is 0 Å². The van der Waals surface area contributed by atoms with Crippen molar-refractivity contribution in [1.29, 1.82) is 0 Å². The summed E-state index contributed by atoms with van der Waals surface area (Å²) >= 11 is 1.03. The fourth-order valence-electron chi connectivity index (χ4n) is 1.50. The lowest BCUT2D eigenvalue weighted by Crippen LogP contribution is -2.25. The highest BCUT2D eigenvalue weighted by Gasteiger charge is 2.31. The van der Waals surface area contributed by atoms with Crippen LogP contribution in [0.5, 0.6) is 5.75 Å². The van der Waals surface area contributed by atoms with Gasteiger partial charge in [0.15, 0.2) is 0 Å². The molecule has 1 fully saturated rings. The Morgan fingerprint density at radius 3 is 2.59 bits per heavy atom. The molecular weight excluding hydrogens is 238 g/mol. The Kier molecular flexibility index (Phi) is 3.68. The van der Waals surface area contributed by atoms with Crippen LogP contribution in [-0.4, -0.2) is 23.0 Å². The number of amides is 2. The van der Waals surface area contributed by atoms with Crippen molar-refractivity contribution in [2.75, 3.05) is 6.61 Å². The Bertz CT molecular complexity index is 430. The van der Waals surface area contributed by atoms with Gasteiger partial charge >= 0.3 is 0 Å². The molecule has 0 bridgehead atoms. The van der Waals surface area contributed by atoms with E-state index in [1.165, 1.54) is 5.56 Å². The van der Waals surface area contributed by atoms with E-state index in [0.717, 1.165) is 17.5 Å². The number of carbonyl (C=O) groups excluding carboxylic acids is 2. The van der Waals surface area contributed by atoms with Crippen molar-refractivity contribution in [3.8, 4) is 5.75 Å². The van der Waals surface area contributed by atoms with E-state index in [9.17, 15) is 9.59 Å². The molecule has 4 nitrogen and oxygen atoms in total. The Morgan fingerprint density at radius 2 is 2.00 bits per heavy atom. The number of aryl methyl sites for hydroxylation is 1. The minimum atomic E-state index is -0.312. The van der Waals surface area contributed by atoms with Crippen LogP contribution in [0, 0.1) is 6.92 Å². The van der Waals surface area contributed by atoms with Crippen LogP contribution < -0.4 is 10.1 Å². The van der Waals surface area contributed by atoms with E-state index >= 15 is 0 Å². The molecule has 0 radical (unpaired) electrons. The van der Waals surface area contributed by atoms with Gasteiger partial charge in [-0.2, -0.15) is 0 Å². The van der Waals surface area contributed by atoms with Crippen molar-refractivity contribution in [1.82, 2.24) is 5.32 Å². The predicted molar refractivity (Wildman–Crippen MR) is 66.2 cm³/mol. The van der Waals surface area contributed by atoms with Crippen molar-refractivity contribution in [3.05, 3.63) is 29.8 Å². The van der Waals surface area contributed by atoms with Crippen LogP contribution in [0.4, 0.5) is 4.79 Å². The molecule has 2 rings (SSSR count). The van der Waals surface area contributed by atoms with Crippen molar-refractivity contribution in [2.45, 2.75) is 18.6 Å². The smallest absolute Gasteiger partial charge is 0.286 e. The molecule has 2 amide bonds. The molecule has 1 aromatic rings. The van der Waals surface area contributed by atoms with Gasteiger partial charge in [0.25, 0.3) is 5.24 Å². The van der Waals surface area contributed by atoms with E-state index in [-0.39, 0.29) is 16.4 Å². The van der Waals surface area contributed by atoms with Gasteiger partial charge in [-0.1, -0.05) is 29.5 Å². The summed E-state index contributed by atoms with van der Waals surface area (Å²) < 4.78 is 5.50. The summed E-state index contributed by atoms with van der Waals surface area (Å²) in [6, 6.07) is 7.72. The number of carbonyl (C=O) groups is 2. The van der Waals surface area contributed by atoms with E-state index in [4.69, 9.17) is 4.74 Å². The van der Waals surface area contributed by atoms with Crippen LogP contribution in [0.1, 0.15) is 12.0 Å². The Hall–Kier alpha value is -1.49. The average Bonchev–Trinajstić information content (AvgIpc) is 2.60. The van der Waals surface area contributed by atoms with Crippen molar-refractivity contribution in [2.24, 2.45) is 0 Å². The van der Waals surface area contributed by atoms with Gasteiger partial charge in [-0.25, -0.2) is 0 Å². The minimum Gasteiger partial charge on any atom is -0.494 e. The molecule has 17 heavy (non-hydrogen) atoms. The average molecular weight is 251 g/mol. The van der Waals surface area contributed by atoms with Crippen LogP contribution in [0.2, 0.25) is 0 Å². The Morgan fingerprint density at radius 1 is 1.29 bits per heavy atom. The molecule has 1 N–H and O–H groups in total. The molecule has 1 unspecified atom stereocenters. The third-order valence-electron chi connectivity index (χ3n) is 2.44. The molecule has 0 aliphatic carbocycles. The van der Waals surface area contributed by atoms with Crippen LogP contribution in [-0.2, 0) is 4.79 Å². The van der Waals surface area contributed by atoms with Crippen LogP contribution in [0.25, 0.3) is 0 Å². The van der Waals surface area contributed by atoms with Crippen LogP contribution in [0.15, 0.2) is 24.3 Å². The van der Waals surface area contributed by atoms with Gasteiger partial charge in [0, 0.05) is 6.42 Å². The number of hydrogen-bond acceptors (Lipinski definition) is 4. The first-order valence-corrected chi connectivity index (χ1v) is 6.24. The monoisotopic (exact) mass is 251 g/mol. The molecule has 0 saturated carbocycles. The molecule has 1 saturated heterocycles. The molecule has 1 aliphatic heterocycles. The summed E-state index contributed by atoms with van der Waals surface area (Å²) in [5.74, 6) is 0.567. The van der Waals surface area contributed by atoms with Crippen molar-refractivity contribution >= 4 is 22.9 Å². The second kappa shape index (κ2) is 5.23. The number of rotatable bonds is 4. The van der Waals surface area contributed by atoms with Gasteiger partial charge in [-0.3, -0.25) is 14.9 Å². The van der Waals surface area contributed by atoms with E-state index in [1.54, 1.807) is 0 Å². The fraction of sp³-hybridized carbons (Fsp3) is 0.333. The zero-order valence-corrected chi connectivity index (χ0v) is 10.3. The van der Waals surface area contributed by atoms with Crippen molar-refractivity contribution in [3.63, 3.8) is 0 Å². The molecule has 90 valence electrons. The molecule has 0 aromatic heterocycles. The van der Waals surface area contributed by atoms with Gasteiger partial charge in [-0.15, -0.1) is 0 Å². The maximum Gasteiger partial charge on any atom is 0.286 e. The van der Waals surface area contributed by atoms with E-state index < -0.39 is 0 Å². The molecule has 1 aliphatic rings. The van der Waals surface area contributed by atoms with Gasteiger partial charge in [-0.05, 0) is 19.1 Å². The maximum absolute atomic E-state index is 11.3. The van der Waals surface area contributed by atoms with E-state index in [1.807, 2.05) is 31.2 Å². The number of hydrogen-bond donors (Lipinski definition) is 1. The van der Waals surface area contributed by atoms with Gasteiger partial charge < -0.3 is 4.74 Å². The van der Waals surface area contributed by atoms with Gasteiger partial charge in [0.1, 0.15) is 5.75 Å². The highest BCUT2D eigenvalue weighted by Crippen LogP contribution is 2.22.